The number of likely N-dealkylation sites (tertiary alicyclic amines) is 2. The molecule has 1 aromatic rings. The van der Waals surface area contributed by atoms with Crippen molar-refractivity contribution in [2.75, 3.05) is 31.9 Å². The van der Waals surface area contributed by atoms with Crippen LogP contribution < -0.4 is 5.73 Å². The Bertz CT molecular complexity index is 594. The highest BCUT2D eigenvalue weighted by Gasteiger charge is 2.24. The van der Waals surface area contributed by atoms with Crippen molar-refractivity contribution in [3.8, 4) is 0 Å². The van der Waals surface area contributed by atoms with E-state index in [4.69, 9.17) is 5.73 Å². The van der Waals surface area contributed by atoms with Crippen LogP contribution in [0.1, 0.15) is 36.0 Å². The number of nitrogens with two attached hydrogens (primary N) is 1. The minimum Gasteiger partial charge on any atom is -0.342 e. The summed E-state index contributed by atoms with van der Waals surface area (Å²) >= 11 is 1.47. The number of nitrogens with zero attached hydrogens (tertiary/aromatic N) is 2. The quantitative estimate of drug-likeness (QED) is 0.846. The largest absolute Gasteiger partial charge is 0.342 e. The molecule has 2 amide bonds. The van der Waals surface area contributed by atoms with E-state index in [0.29, 0.717) is 24.4 Å². The molecule has 0 saturated carbocycles. The zero-order valence-corrected chi connectivity index (χ0v) is 14.8. The molecule has 2 aliphatic heterocycles. The van der Waals surface area contributed by atoms with Crippen molar-refractivity contribution in [1.82, 2.24) is 9.80 Å². The van der Waals surface area contributed by atoms with E-state index in [1.807, 2.05) is 34.1 Å². The van der Waals surface area contributed by atoms with Gasteiger partial charge in [0, 0.05) is 37.1 Å². The lowest BCUT2D eigenvalue weighted by Gasteiger charge is -2.30. The lowest BCUT2D eigenvalue weighted by atomic mass is 10.0. The standard InChI is InChI=1S/C18H25N3O2S/c19-14-7-11-21(12-8-14)18(23)15-5-1-2-6-16(15)24-13-17(22)20-9-3-4-10-20/h1-2,5-6,14H,3-4,7-13,19H2. The summed E-state index contributed by atoms with van der Waals surface area (Å²) < 4.78 is 0. The van der Waals surface area contributed by atoms with E-state index in [0.717, 1.165) is 43.7 Å². The second kappa shape index (κ2) is 8.03. The molecule has 0 atom stereocenters. The molecule has 0 aliphatic carbocycles. The van der Waals surface area contributed by atoms with E-state index in [9.17, 15) is 9.59 Å². The lowest BCUT2D eigenvalue weighted by molar-refractivity contribution is -0.127. The Morgan fingerprint density at radius 1 is 1.04 bits per heavy atom. The van der Waals surface area contributed by atoms with E-state index in [1.54, 1.807) is 0 Å². The van der Waals surface area contributed by atoms with Crippen molar-refractivity contribution >= 4 is 23.6 Å². The molecule has 5 nitrogen and oxygen atoms in total. The van der Waals surface area contributed by atoms with Crippen molar-refractivity contribution in [2.24, 2.45) is 5.73 Å². The van der Waals surface area contributed by atoms with Crippen LogP contribution in [0.4, 0.5) is 0 Å². The first-order valence-electron chi connectivity index (χ1n) is 8.69. The molecule has 2 heterocycles. The van der Waals surface area contributed by atoms with Gasteiger partial charge >= 0.3 is 0 Å². The number of carbonyl (C=O) groups excluding carboxylic acids is 2. The van der Waals surface area contributed by atoms with Crippen molar-refractivity contribution in [3.05, 3.63) is 29.8 Å². The van der Waals surface area contributed by atoms with E-state index in [-0.39, 0.29) is 17.9 Å². The van der Waals surface area contributed by atoms with E-state index in [1.165, 1.54) is 11.8 Å². The number of hydrogen-bond donors (Lipinski definition) is 1. The molecule has 0 radical (unpaired) electrons. The van der Waals surface area contributed by atoms with Gasteiger partial charge in [0.1, 0.15) is 0 Å². The first kappa shape index (κ1) is 17.3. The summed E-state index contributed by atoms with van der Waals surface area (Å²) in [6.45, 7) is 3.17. The zero-order chi connectivity index (χ0) is 16.9. The van der Waals surface area contributed by atoms with E-state index >= 15 is 0 Å². The molecule has 2 saturated heterocycles. The topological polar surface area (TPSA) is 66.6 Å². The van der Waals surface area contributed by atoms with Gasteiger partial charge in [0.25, 0.3) is 5.91 Å². The molecular weight excluding hydrogens is 322 g/mol. The predicted molar refractivity (Wildman–Crippen MR) is 96.1 cm³/mol. The number of rotatable bonds is 4. The average molecular weight is 347 g/mol. The van der Waals surface area contributed by atoms with Gasteiger partial charge in [0.05, 0.1) is 11.3 Å². The fourth-order valence-electron chi connectivity index (χ4n) is 3.24. The third-order valence-electron chi connectivity index (χ3n) is 4.75. The maximum absolute atomic E-state index is 12.8. The van der Waals surface area contributed by atoms with Crippen LogP contribution in [-0.2, 0) is 4.79 Å². The van der Waals surface area contributed by atoms with Crippen molar-refractivity contribution < 1.29 is 9.59 Å². The summed E-state index contributed by atoms with van der Waals surface area (Å²) in [7, 11) is 0. The number of thioether (sulfide) groups is 1. The average Bonchev–Trinajstić information content (AvgIpc) is 3.15. The molecule has 0 unspecified atom stereocenters. The minimum absolute atomic E-state index is 0.0543. The monoisotopic (exact) mass is 347 g/mol. The summed E-state index contributed by atoms with van der Waals surface area (Å²) in [5.41, 5.74) is 6.62. The molecule has 2 N–H and O–H groups in total. The highest BCUT2D eigenvalue weighted by atomic mass is 32.2. The Labute approximate surface area is 147 Å². The Kier molecular flexibility index (Phi) is 5.79. The van der Waals surface area contributed by atoms with Crippen LogP contribution in [0, 0.1) is 0 Å². The van der Waals surface area contributed by atoms with Crippen LogP contribution in [0.2, 0.25) is 0 Å². The molecule has 2 fully saturated rings. The molecular formula is C18H25N3O2S. The Hall–Kier alpha value is -1.53. The van der Waals surface area contributed by atoms with Crippen LogP contribution in [0.15, 0.2) is 29.2 Å². The van der Waals surface area contributed by atoms with Gasteiger partial charge < -0.3 is 15.5 Å². The second-order valence-corrected chi connectivity index (χ2v) is 7.52. The molecule has 2 aliphatic rings. The van der Waals surface area contributed by atoms with Crippen molar-refractivity contribution in [3.63, 3.8) is 0 Å². The third kappa shape index (κ3) is 4.11. The number of hydrogen-bond acceptors (Lipinski definition) is 4. The lowest BCUT2D eigenvalue weighted by Crippen LogP contribution is -2.43. The molecule has 130 valence electrons. The highest BCUT2D eigenvalue weighted by molar-refractivity contribution is 8.00. The summed E-state index contributed by atoms with van der Waals surface area (Å²) in [5, 5.41) is 0. The molecule has 3 rings (SSSR count). The fourth-order valence-corrected chi connectivity index (χ4v) is 4.19. The molecule has 0 bridgehead atoms. The van der Waals surface area contributed by atoms with Crippen LogP contribution >= 0.6 is 11.8 Å². The van der Waals surface area contributed by atoms with Crippen LogP contribution in [0.25, 0.3) is 0 Å². The molecule has 6 heteroatoms. The third-order valence-corrected chi connectivity index (χ3v) is 5.81. The molecule has 24 heavy (non-hydrogen) atoms. The number of benzene rings is 1. The summed E-state index contributed by atoms with van der Waals surface area (Å²) in [6.07, 6.45) is 3.91. The second-order valence-electron chi connectivity index (χ2n) is 6.50. The smallest absolute Gasteiger partial charge is 0.254 e. The van der Waals surface area contributed by atoms with Crippen LogP contribution in [0.5, 0.6) is 0 Å². The van der Waals surface area contributed by atoms with Gasteiger partial charge in [-0.1, -0.05) is 12.1 Å². The van der Waals surface area contributed by atoms with Gasteiger partial charge in [-0.2, -0.15) is 0 Å². The SMILES string of the molecule is NC1CCN(C(=O)c2ccccc2SCC(=O)N2CCCC2)CC1. The van der Waals surface area contributed by atoms with E-state index < -0.39 is 0 Å². The van der Waals surface area contributed by atoms with Gasteiger partial charge in [-0.05, 0) is 37.8 Å². The van der Waals surface area contributed by atoms with E-state index in [2.05, 4.69) is 0 Å². The fraction of sp³-hybridized carbons (Fsp3) is 0.556. The summed E-state index contributed by atoms with van der Waals surface area (Å²) in [6, 6.07) is 7.81. The Morgan fingerprint density at radius 2 is 1.71 bits per heavy atom. The highest BCUT2D eigenvalue weighted by Crippen LogP contribution is 2.25. The molecule has 1 aromatic carbocycles. The Balaban J connectivity index is 1.64. The first-order valence-corrected chi connectivity index (χ1v) is 9.68. The maximum Gasteiger partial charge on any atom is 0.254 e. The maximum atomic E-state index is 12.8. The van der Waals surface area contributed by atoms with Gasteiger partial charge in [-0.3, -0.25) is 9.59 Å². The molecule has 0 spiro atoms. The zero-order valence-electron chi connectivity index (χ0n) is 13.9. The number of amides is 2. The number of carbonyl (C=O) groups is 2. The predicted octanol–water partition coefficient (Wildman–Crippen LogP) is 1.96. The van der Waals surface area contributed by atoms with Gasteiger partial charge in [-0.15, -0.1) is 11.8 Å². The normalized spacial score (nSPS) is 18.9. The Morgan fingerprint density at radius 3 is 2.42 bits per heavy atom. The summed E-state index contributed by atoms with van der Waals surface area (Å²) in [5.74, 6) is 0.622. The van der Waals surface area contributed by atoms with Gasteiger partial charge in [0.15, 0.2) is 0 Å². The van der Waals surface area contributed by atoms with Crippen molar-refractivity contribution in [1.29, 1.82) is 0 Å². The molecule has 0 aromatic heterocycles. The minimum atomic E-state index is 0.0543. The van der Waals surface area contributed by atoms with Gasteiger partial charge in [0.2, 0.25) is 5.91 Å². The van der Waals surface area contributed by atoms with Gasteiger partial charge in [-0.25, -0.2) is 0 Å². The first-order chi connectivity index (χ1) is 11.6. The van der Waals surface area contributed by atoms with Crippen molar-refractivity contribution in [2.45, 2.75) is 36.6 Å². The van der Waals surface area contributed by atoms with Crippen LogP contribution in [0.3, 0.4) is 0 Å². The van der Waals surface area contributed by atoms with Crippen LogP contribution in [-0.4, -0.2) is 59.6 Å². The number of piperidine rings is 1. The summed E-state index contributed by atoms with van der Waals surface area (Å²) in [4.78, 5) is 29.7.